The van der Waals surface area contributed by atoms with Crippen LogP contribution in [-0.2, 0) is 11.2 Å². The Hall–Kier alpha value is -4.19. The van der Waals surface area contributed by atoms with E-state index < -0.39 is 0 Å². The standard InChI is InChI=1S/C31H33NO5/c1-6-36-30-21(3)31-25(26(19-37-31)23-12-13-27(34-4)28(17-23)35-5)18-24(30)20(2)16-29(33)32-15-14-22-10-8-7-9-11-22/h7-13,16-19H,6,14-15H2,1-5H3,(H,32,33)/b20-16+. The van der Waals surface area contributed by atoms with Gasteiger partial charge < -0.3 is 23.9 Å². The van der Waals surface area contributed by atoms with Gasteiger partial charge in [-0.25, -0.2) is 0 Å². The highest BCUT2D eigenvalue weighted by Gasteiger charge is 2.20. The molecule has 1 amide bonds. The number of nitrogens with one attached hydrogen (secondary N) is 1. The molecular formula is C31H33NO5. The lowest BCUT2D eigenvalue weighted by atomic mass is 9.96. The van der Waals surface area contributed by atoms with E-state index in [2.05, 4.69) is 17.4 Å². The number of fused-ring (bicyclic) bond motifs is 1. The summed E-state index contributed by atoms with van der Waals surface area (Å²) < 4.78 is 22.9. The van der Waals surface area contributed by atoms with Gasteiger partial charge in [0.15, 0.2) is 11.5 Å². The summed E-state index contributed by atoms with van der Waals surface area (Å²) in [5.41, 5.74) is 6.34. The van der Waals surface area contributed by atoms with Gasteiger partial charge in [0.1, 0.15) is 11.3 Å². The molecule has 4 aromatic rings. The van der Waals surface area contributed by atoms with Crippen molar-refractivity contribution in [3.8, 4) is 28.4 Å². The van der Waals surface area contributed by atoms with Crippen molar-refractivity contribution in [3.63, 3.8) is 0 Å². The summed E-state index contributed by atoms with van der Waals surface area (Å²) >= 11 is 0. The second kappa shape index (κ2) is 11.7. The van der Waals surface area contributed by atoms with Crippen molar-refractivity contribution in [1.82, 2.24) is 5.32 Å². The van der Waals surface area contributed by atoms with Crippen LogP contribution in [0.4, 0.5) is 0 Å². The fourth-order valence-corrected chi connectivity index (χ4v) is 4.47. The number of carbonyl (C=O) groups excluding carboxylic acids is 1. The zero-order valence-electron chi connectivity index (χ0n) is 22.0. The molecule has 6 nitrogen and oxygen atoms in total. The summed E-state index contributed by atoms with van der Waals surface area (Å²) in [6, 6.07) is 17.9. The van der Waals surface area contributed by atoms with Crippen LogP contribution in [0.5, 0.6) is 17.2 Å². The summed E-state index contributed by atoms with van der Waals surface area (Å²) in [7, 11) is 3.23. The molecule has 0 aliphatic rings. The van der Waals surface area contributed by atoms with E-state index >= 15 is 0 Å². The van der Waals surface area contributed by atoms with Gasteiger partial charge in [-0.3, -0.25) is 4.79 Å². The fourth-order valence-electron chi connectivity index (χ4n) is 4.47. The first-order chi connectivity index (χ1) is 18.0. The van der Waals surface area contributed by atoms with Crippen LogP contribution in [0.25, 0.3) is 27.7 Å². The summed E-state index contributed by atoms with van der Waals surface area (Å²) in [6.45, 7) is 6.91. The van der Waals surface area contributed by atoms with Gasteiger partial charge in [0.05, 0.1) is 27.1 Å². The third-order valence-electron chi connectivity index (χ3n) is 6.36. The first kappa shape index (κ1) is 25.9. The van der Waals surface area contributed by atoms with Gasteiger partial charge in [-0.05, 0) is 62.1 Å². The fraction of sp³-hybridized carbons (Fsp3) is 0.258. The number of furan rings is 1. The molecule has 0 radical (unpaired) electrons. The zero-order valence-corrected chi connectivity index (χ0v) is 22.0. The normalized spacial score (nSPS) is 11.4. The van der Waals surface area contributed by atoms with Crippen LogP contribution in [-0.4, -0.2) is 33.3 Å². The van der Waals surface area contributed by atoms with Crippen LogP contribution in [0.3, 0.4) is 0 Å². The maximum atomic E-state index is 12.7. The molecule has 4 rings (SSSR count). The molecule has 0 atom stereocenters. The number of aryl methyl sites for hydroxylation is 1. The highest BCUT2D eigenvalue weighted by atomic mass is 16.5. The Morgan fingerprint density at radius 2 is 1.78 bits per heavy atom. The number of benzene rings is 3. The van der Waals surface area contributed by atoms with Crippen LogP contribution in [0.2, 0.25) is 0 Å². The number of hydrogen-bond acceptors (Lipinski definition) is 5. The SMILES string of the molecule is CCOc1c(/C(C)=C/C(=O)NCCc2ccccc2)cc2c(-c3ccc(OC)c(OC)c3)coc2c1C. The van der Waals surface area contributed by atoms with Crippen LogP contribution in [0.15, 0.2) is 71.4 Å². The number of carbonyl (C=O) groups is 1. The molecule has 0 bridgehead atoms. The van der Waals surface area contributed by atoms with Crippen molar-refractivity contribution in [2.24, 2.45) is 0 Å². The second-order valence-corrected chi connectivity index (χ2v) is 8.76. The van der Waals surface area contributed by atoms with Crippen molar-refractivity contribution in [2.45, 2.75) is 27.2 Å². The van der Waals surface area contributed by atoms with E-state index in [1.54, 1.807) is 26.6 Å². The van der Waals surface area contributed by atoms with Gasteiger partial charge in [-0.2, -0.15) is 0 Å². The van der Waals surface area contributed by atoms with E-state index in [1.807, 2.05) is 63.2 Å². The lowest BCUT2D eigenvalue weighted by Gasteiger charge is -2.15. The minimum atomic E-state index is -0.138. The van der Waals surface area contributed by atoms with Crippen molar-refractivity contribution < 1.29 is 23.4 Å². The van der Waals surface area contributed by atoms with Crippen molar-refractivity contribution >= 4 is 22.4 Å². The molecule has 1 heterocycles. The van der Waals surface area contributed by atoms with Crippen LogP contribution < -0.4 is 19.5 Å². The summed E-state index contributed by atoms with van der Waals surface area (Å²) in [6.07, 6.45) is 4.15. The summed E-state index contributed by atoms with van der Waals surface area (Å²) in [5.74, 6) is 1.88. The molecule has 0 fully saturated rings. The van der Waals surface area contributed by atoms with Crippen molar-refractivity contribution in [3.05, 3.63) is 83.6 Å². The third kappa shape index (κ3) is 5.64. The van der Waals surface area contributed by atoms with E-state index in [9.17, 15) is 4.79 Å². The molecule has 0 saturated carbocycles. The molecule has 1 N–H and O–H groups in total. The van der Waals surface area contributed by atoms with Crippen molar-refractivity contribution in [2.75, 3.05) is 27.4 Å². The lowest BCUT2D eigenvalue weighted by molar-refractivity contribution is -0.116. The molecule has 0 aliphatic carbocycles. The Balaban J connectivity index is 1.68. The van der Waals surface area contributed by atoms with Crippen molar-refractivity contribution in [1.29, 1.82) is 0 Å². The van der Waals surface area contributed by atoms with E-state index in [0.717, 1.165) is 45.2 Å². The summed E-state index contributed by atoms with van der Waals surface area (Å²) in [4.78, 5) is 12.7. The van der Waals surface area contributed by atoms with E-state index in [0.29, 0.717) is 30.4 Å². The molecule has 6 heteroatoms. The van der Waals surface area contributed by atoms with Gasteiger partial charge in [-0.15, -0.1) is 0 Å². The number of allylic oxidation sites excluding steroid dienone is 1. The Morgan fingerprint density at radius 3 is 2.49 bits per heavy atom. The third-order valence-corrected chi connectivity index (χ3v) is 6.36. The molecule has 192 valence electrons. The predicted octanol–water partition coefficient (Wildman–Crippen LogP) is 6.59. The first-order valence-corrected chi connectivity index (χ1v) is 12.4. The lowest BCUT2D eigenvalue weighted by Crippen LogP contribution is -2.23. The molecular weight excluding hydrogens is 466 g/mol. The van der Waals surface area contributed by atoms with E-state index in [4.69, 9.17) is 18.6 Å². The number of rotatable bonds is 10. The molecule has 0 saturated heterocycles. The van der Waals surface area contributed by atoms with E-state index in [1.165, 1.54) is 5.56 Å². The van der Waals surface area contributed by atoms with Gasteiger partial charge in [0.2, 0.25) is 5.91 Å². The van der Waals surface area contributed by atoms with Gasteiger partial charge in [-0.1, -0.05) is 36.4 Å². The Kier molecular flexibility index (Phi) is 8.18. The molecule has 0 aliphatic heterocycles. The average Bonchev–Trinajstić information content (AvgIpc) is 3.34. The second-order valence-electron chi connectivity index (χ2n) is 8.76. The highest BCUT2D eigenvalue weighted by molar-refractivity contribution is 6.01. The minimum Gasteiger partial charge on any atom is -0.493 e. The van der Waals surface area contributed by atoms with Gasteiger partial charge in [0.25, 0.3) is 0 Å². The van der Waals surface area contributed by atoms with Gasteiger partial charge >= 0.3 is 0 Å². The molecule has 3 aromatic carbocycles. The number of ether oxygens (including phenoxy) is 3. The molecule has 1 aromatic heterocycles. The zero-order chi connectivity index (χ0) is 26.4. The molecule has 37 heavy (non-hydrogen) atoms. The largest absolute Gasteiger partial charge is 0.493 e. The topological polar surface area (TPSA) is 69.9 Å². The van der Waals surface area contributed by atoms with Crippen LogP contribution >= 0.6 is 0 Å². The first-order valence-electron chi connectivity index (χ1n) is 12.4. The maximum Gasteiger partial charge on any atom is 0.244 e. The van der Waals surface area contributed by atoms with Gasteiger partial charge in [0, 0.05) is 34.7 Å². The Labute approximate surface area is 217 Å². The van der Waals surface area contributed by atoms with E-state index in [-0.39, 0.29) is 5.91 Å². The summed E-state index contributed by atoms with van der Waals surface area (Å²) in [5, 5.41) is 3.92. The van der Waals surface area contributed by atoms with Crippen LogP contribution in [0, 0.1) is 6.92 Å². The average molecular weight is 500 g/mol. The predicted molar refractivity (Wildman–Crippen MR) is 147 cm³/mol. The minimum absolute atomic E-state index is 0.138. The molecule has 0 unspecified atom stereocenters. The maximum absolute atomic E-state index is 12.7. The Morgan fingerprint density at radius 1 is 1.03 bits per heavy atom. The smallest absolute Gasteiger partial charge is 0.244 e. The quantitative estimate of drug-likeness (QED) is 0.249. The number of hydrogen-bond donors (Lipinski definition) is 1. The Bertz CT molecular complexity index is 1420. The number of amides is 1. The monoisotopic (exact) mass is 499 g/mol. The van der Waals surface area contributed by atoms with Crippen LogP contribution in [0.1, 0.15) is 30.5 Å². The number of methoxy groups -OCH3 is 2. The highest BCUT2D eigenvalue weighted by Crippen LogP contribution is 2.42. The molecule has 0 spiro atoms.